The largest absolute Gasteiger partial charge is 0.493 e. The van der Waals surface area contributed by atoms with Crippen LogP contribution in [0, 0.1) is 0 Å². The molecule has 0 aromatic heterocycles. The Hall–Kier alpha value is -1.61. The van der Waals surface area contributed by atoms with E-state index in [9.17, 15) is 4.79 Å². The van der Waals surface area contributed by atoms with E-state index in [-0.39, 0.29) is 5.91 Å². The van der Waals surface area contributed by atoms with Crippen LogP contribution in [-0.4, -0.2) is 60.3 Å². The maximum absolute atomic E-state index is 12.8. The minimum Gasteiger partial charge on any atom is -0.493 e. The van der Waals surface area contributed by atoms with Crippen molar-refractivity contribution in [3.8, 4) is 11.5 Å². The van der Waals surface area contributed by atoms with Gasteiger partial charge in [0.15, 0.2) is 15.8 Å². The van der Waals surface area contributed by atoms with Crippen LogP contribution in [0.3, 0.4) is 0 Å². The highest BCUT2D eigenvalue weighted by molar-refractivity contribution is 8.26. The molecule has 2 heterocycles. The average Bonchev–Trinajstić information content (AvgIpc) is 2.96. The number of hydrazine groups is 1. The fraction of sp³-hybridized carbons (Fsp3) is 0.474. The lowest BCUT2D eigenvalue weighted by Crippen LogP contribution is -2.50. The summed E-state index contributed by atoms with van der Waals surface area (Å²) in [5.74, 6) is 1.28. The number of hydrogen-bond acceptors (Lipinski definition) is 7. The number of amides is 1. The second kappa shape index (κ2) is 9.54. The van der Waals surface area contributed by atoms with Crippen LogP contribution >= 0.6 is 24.0 Å². The molecule has 1 amide bonds. The molecule has 0 N–H and O–H groups in total. The number of methoxy groups -OCH3 is 1. The van der Waals surface area contributed by atoms with Gasteiger partial charge in [-0.05, 0) is 30.2 Å². The highest BCUT2D eigenvalue weighted by Crippen LogP contribution is 2.35. The molecule has 8 heteroatoms. The lowest BCUT2D eigenvalue weighted by molar-refractivity contribution is -0.138. The SMILES string of the molecule is CCCCOc1ccc(/C=C2\SC(=S)N(N3CCOCC3)C2=O)cc1OC. The molecule has 0 unspecified atom stereocenters. The topological polar surface area (TPSA) is 51.2 Å². The van der Waals surface area contributed by atoms with E-state index >= 15 is 0 Å². The smallest absolute Gasteiger partial charge is 0.280 e. The van der Waals surface area contributed by atoms with Crippen molar-refractivity contribution < 1.29 is 19.0 Å². The van der Waals surface area contributed by atoms with Crippen molar-refractivity contribution in [1.82, 2.24) is 10.0 Å². The van der Waals surface area contributed by atoms with Crippen molar-refractivity contribution in [2.24, 2.45) is 0 Å². The molecule has 3 rings (SSSR count). The third-order valence-electron chi connectivity index (χ3n) is 4.28. The molecule has 0 aliphatic carbocycles. The van der Waals surface area contributed by atoms with Crippen molar-refractivity contribution in [1.29, 1.82) is 0 Å². The molecule has 2 aliphatic heterocycles. The fourth-order valence-corrected chi connectivity index (χ4v) is 4.14. The molecule has 0 bridgehead atoms. The van der Waals surface area contributed by atoms with Crippen LogP contribution < -0.4 is 9.47 Å². The Bertz CT molecular complexity index is 732. The lowest BCUT2D eigenvalue weighted by Gasteiger charge is -2.33. The van der Waals surface area contributed by atoms with E-state index in [1.54, 1.807) is 12.1 Å². The summed E-state index contributed by atoms with van der Waals surface area (Å²) < 4.78 is 17.1. The van der Waals surface area contributed by atoms with E-state index in [4.69, 9.17) is 26.4 Å². The van der Waals surface area contributed by atoms with Gasteiger partial charge in [-0.15, -0.1) is 0 Å². The van der Waals surface area contributed by atoms with E-state index in [1.807, 2.05) is 29.3 Å². The van der Waals surface area contributed by atoms with E-state index in [0.29, 0.717) is 53.6 Å². The fourth-order valence-electron chi connectivity index (χ4n) is 2.83. The standard InChI is InChI=1S/C19H24N2O4S2/c1-3-4-9-25-15-6-5-14(12-16(15)23-2)13-17-18(22)21(19(26)27-17)20-7-10-24-11-8-20/h5-6,12-13H,3-4,7-11H2,1-2H3/b17-13-. The van der Waals surface area contributed by atoms with E-state index in [1.165, 1.54) is 11.8 Å². The maximum atomic E-state index is 12.8. The monoisotopic (exact) mass is 408 g/mol. The molecule has 146 valence electrons. The van der Waals surface area contributed by atoms with Gasteiger partial charge in [0.25, 0.3) is 5.91 Å². The summed E-state index contributed by atoms with van der Waals surface area (Å²) in [6.07, 6.45) is 3.92. The molecule has 1 aromatic rings. The van der Waals surface area contributed by atoms with Crippen molar-refractivity contribution in [3.63, 3.8) is 0 Å². The second-order valence-corrected chi connectivity index (χ2v) is 7.85. The summed E-state index contributed by atoms with van der Waals surface area (Å²) in [6.45, 7) is 5.31. The Morgan fingerprint density at radius 3 is 2.78 bits per heavy atom. The van der Waals surface area contributed by atoms with Crippen LogP contribution in [0.4, 0.5) is 0 Å². The van der Waals surface area contributed by atoms with Crippen LogP contribution in [-0.2, 0) is 9.53 Å². The molecule has 0 spiro atoms. The number of morpholine rings is 1. The van der Waals surface area contributed by atoms with Crippen LogP contribution in [0.1, 0.15) is 25.3 Å². The van der Waals surface area contributed by atoms with Gasteiger partial charge in [-0.3, -0.25) is 4.79 Å². The first-order chi connectivity index (χ1) is 13.1. The first-order valence-corrected chi connectivity index (χ1v) is 10.3. The quantitative estimate of drug-likeness (QED) is 0.390. The molecule has 0 radical (unpaired) electrons. The normalized spacial score (nSPS) is 19.8. The van der Waals surface area contributed by atoms with Crippen LogP contribution in [0.5, 0.6) is 11.5 Å². The van der Waals surface area contributed by atoms with E-state index < -0.39 is 0 Å². The van der Waals surface area contributed by atoms with Gasteiger partial charge in [0.05, 0.1) is 31.8 Å². The zero-order chi connectivity index (χ0) is 19.2. The number of ether oxygens (including phenoxy) is 3. The Morgan fingerprint density at radius 1 is 1.30 bits per heavy atom. The minimum atomic E-state index is -0.0888. The number of thiocarbonyl (C=S) groups is 1. The Labute approximate surface area is 169 Å². The number of thioether (sulfide) groups is 1. The zero-order valence-electron chi connectivity index (χ0n) is 15.6. The Morgan fingerprint density at radius 2 is 2.07 bits per heavy atom. The van der Waals surface area contributed by atoms with Crippen molar-refractivity contribution >= 4 is 40.3 Å². The van der Waals surface area contributed by atoms with Crippen LogP contribution in [0.25, 0.3) is 6.08 Å². The first kappa shape index (κ1) is 20.1. The maximum Gasteiger partial charge on any atom is 0.280 e. The van der Waals surface area contributed by atoms with Gasteiger partial charge in [0.1, 0.15) is 0 Å². The van der Waals surface area contributed by atoms with Crippen LogP contribution in [0.15, 0.2) is 23.1 Å². The molecule has 2 saturated heterocycles. The molecule has 0 atom stereocenters. The zero-order valence-corrected chi connectivity index (χ0v) is 17.2. The van der Waals surface area contributed by atoms with Crippen molar-refractivity contribution in [2.75, 3.05) is 40.0 Å². The van der Waals surface area contributed by atoms with Gasteiger partial charge >= 0.3 is 0 Å². The van der Waals surface area contributed by atoms with Gasteiger partial charge in [0, 0.05) is 13.1 Å². The molecule has 1 aromatic carbocycles. The van der Waals surface area contributed by atoms with Gasteiger partial charge in [0.2, 0.25) is 0 Å². The molecular weight excluding hydrogens is 384 g/mol. The van der Waals surface area contributed by atoms with Gasteiger partial charge in [-0.2, -0.15) is 0 Å². The summed E-state index contributed by atoms with van der Waals surface area (Å²) in [7, 11) is 1.61. The third-order valence-corrected chi connectivity index (χ3v) is 5.57. The number of rotatable bonds is 7. The Balaban J connectivity index is 1.75. The van der Waals surface area contributed by atoms with E-state index in [2.05, 4.69) is 6.92 Å². The van der Waals surface area contributed by atoms with Gasteiger partial charge in [-0.1, -0.05) is 43.4 Å². The summed E-state index contributed by atoms with van der Waals surface area (Å²) in [5.41, 5.74) is 0.872. The van der Waals surface area contributed by atoms with Gasteiger partial charge < -0.3 is 14.2 Å². The van der Waals surface area contributed by atoms with Crippen LogP contribution in [0.2, 0.25) is 0 Å². The van der Waals surface area contributed by atoms with Crippen molar-refractivity contribution in [3.05, 3.63) is 28.7 Å². The number of nitrogens with zero attached hydrogens (tertiary/aromatic N) is 2. The number of hydrogen-bond donors (Lipinski definition) is 0. The summed E-state index contributed by atoms with van der Waals surface area (Å²) in [5, 5.41) is 3.54. The highest BCUT2D eigenvalue weighted by atomic mass is 32.2. The molecular formula is C19H24N2O4S2. The lowest BCUT2D eigenvalue weighted by atomic mass is 10.2. The molecule has 0 saturated carbocycles. The highest BCUT2D eigenvalue weighted by Gasteiger charge is 2.36. The van der Waals surface area contributed by atoms with Gasteiger partial charge in [-0.25, -0.2) is 10.0 Å². The Kier molecular flexibility index (Phi) is 7.12. The van der Waals surface area contributed by atoms with Crippen molar-refractivity contribution in [2.45, 2.75) is 19.8 Å². The predicted octanol–water partition coefficient (Wildman–Crippen LogP) is 3.32. The number of carbonyl (C=O) groups is 1. The molecule has 2 aliphatic rings. The average molecular weight is 409 g/mol. The summed E-state index contributed by atoms with van der Waals surface area (Å²) >= 11 is 6.74. The van der Waals surface area contributed by atoms with E-state index in [0.717, 1.165) is 18.4 Å². The number of carbonyl (C=O) groups excluding carboxylic acids is 1. The third kappa shape index (κ3) is 4.82. The molecule has 27 heavy (non-hydrogen) atoms. The number of unbranched alkanes of at least 4 members (excludes halogenated alkanes) is 1. The summed E-state index contributed by atoms with van der Waals surface area (Å²) in [4.78, 5) is 13.4. The summed E-state index contributed by atoms with van der Waals surface area (Å²) in [6, 6.07) is 5.68. The molecule has 6 nitrogen and oxygen atoms in total. The first-order valence-electron chi connectivity index (χ1n) is 9.05. The predicted molar refractivity (Wildman–Crippen MR) is 111 cm³/mol. The second-order valence-electron chi connectivity index (χ2n) is 6.17. The minimum absolute atomic E-state index is 0.0888. The molecule has 2 fully saturated rings. The number of benzene rings is 1.